The lowest BCUT2D eigenvalue weighted by Crippen LogP contribution is -2.30. The largest absolute Gasteiger partial charge is 0.389 e. The zero-order valence-electron chi connectivity index (χ0n) is 13.2. The maximum atomic E-state index is 12.1. The van der Waals surface area contributed by atoms with E-state index < -0.39 is 5.60 Å². The topological polar surface area (TPSA) is 67.2 Å². The summed E-state index contributed by atoms with van der Waals surface area (Å²) in [5.74, 6) is -0.126. The van der Waals surface area contributed by atoms with Gasteiger partial charge in [0.05, 0.1) is 12.0 Å². The van der Waals surface area contributed by atoms with E-state index in [0.29, 0.717) is 0 Å². The summed E-state index contributed by atoms with van der Waals surface area (Å²) in [6, 6.07) is 7.67. The average Bonchev–Trinajstić information content (AvgIpc) is 3.10. The molecule has 2 aromatic rings. The van der Waals surface area contributed by atoms with Crippen LogP contribution in [0, 0.1) is 0 Å². The molecule has 0 aliphatic heterocycles. The second kappa shape index (κ2) is 6.76. The summed E-state index contributed by atoms with van der Waals surface area (Å²) < 4.78 is 1.96. The van der Waals surface area contributed by atoms with Crippen LogP contribution in [0.2, 0.25) is 0 Å². The molecule has 1 aliphatic carbocycles. The van der Waals surface area contributed by atoms with E-state index in [0.717, 1.165) is 41.4 Å². The highest BCUT2D eigenvalue weighted by molar-refractivity contribution is 7.99. The van der Waals surface area contributed by atoms with Crippen molar-refractivity contribution < 1.29 is 9.90 Å². The predicted molar refractivity (Wildman–Crippen MR) is 90.4 cm³/mol. The Labute approximate surface area is 140 Å². The molecule has 1 saturated carbocycles. The smallest absolute Gasteiger partial charge is 0.227 e. The molecule has 23 heavy (non-hydrogen) atoms. The van der Waals surface area contributed by atoms with Crippen LogP contribution in [-0.2, 0) is 11.8 Å². The van der Waals surface area contributed by atoms with Gasteiger partial charge in [0.2, 0.25) is 5.91 Å². The number of amides is 1. The van der Waals surface area contributed by atoms with Crippen molar-refractivity contribution in [3.8, 4) is 0 Å². The number of imidazole rings is 1. The fraction of sp³-hybridized carbons (Fsp3) is 0.412. The maximum absolute atomic E-state index is 12.1. The van der Waals surface area contributed by atoms with Crippen molar-refractivity contribution in [2.45, 2.75) is 47.8 Å². The van der Waals surface area contributed by atoms with Gasteiger partial charge in [0.25, 0.3) is 0 Å². The van der Waals surface area contributed by atoms with Gasteiger partial charge in [-0.3, -0.25) is 4.79 Å². The lowest BCUT2D eigenvalue weighted by Gasteiger charge is -2.21. The Morgan fingerprint density at radius 2 is 2.04 bits per heavy atom. The van der Waals surface area contributed by atoms with Crippen LogP contribution in [0.15, 0.2) is 46.7 Å². The van der Waals surface area contributed by atoms with Crippen LogP contribution in [0.5, 0.6) is 0 Å². The zero-order valence-corrected chi connectivity index (χ0v) is 14.0. The maximum Gasteiger partial charge on any atom is 0.227 e. The first-order valence-corrected chi connectivity index (χ1v) is 8.63. The Kier molecular flexibility index (Phi) is 4.73. The van der Waals surface area contributed by atoms with Gasteiger partial charge in [-0.15, -0.1) is 0 Å². The summed E-state index contributed by atoms with van der Waals surface area (Å²) in [6.45, 7) is 0. The molecule has 1 aromatic heterocycles. The molecule has 0 radical (unpaired) electrons. The minimum atomic E-state index is -0.807. The number of rotatable bonds is 5. The van der Waals surface area contributed by atoms with Crippen molar-refractivity contribution in [1.29, 1.82) is 0 Å². The standard InChI is InChI=1S/C17H21N3O2S/c1-20-11-10-18-16(20)23-14-6-4-13(5-7-14)19-15(21)12-17(22)8-2-3-9-17/h4-7,10-11,22H,2-3,8-9,12H2,1H3,(H,19,21). The van der Waals surface area contributed by atoms with Gasteiger partial charge in [0.15, 0.2) is 5.16 Å². The highest BCUT2D eigenvalue weighted by Gasteiger charge is 2.33. The number of nitrogens with one attached hydrogen (secondary N) is 1. The fourth-order valence-corrected chi connectivity index (χ4v) is 3.68. The quantitative estimate of drug-likeness (QED) is 0.883. The number of carbonyl (C=O) groups excluding carboxylic acids is 1. The molecule has 5 nitrogen and oxygen atoms in total. The molecule has 0 saturated heterocycles. The van der Waals surface area contributed by atoms with E-state index in [1.54, 1.807) is 18.0 Å². The van der Waals surface area contributed by atoms with Gasteiger partial charge in [0.1, 0.15) is 0 Å². The highest BCUT2D eigenvalue weighted by atomic mass is 32.2. The first-order chi connectivity index (χ1) is 11.0. The molecule has 1 aromatic carbocycles. The van der Waals surface area contributed by atoms with E-state index >= 15 is 0 Å². The van der Waals surface area contributed by atoms with Crippen LogP contribution in [0.4, 0.5) is 5.69 Å². The van der Waals surface area contributed by atoms with Gasteiger partial charge < -0.3 is 15.0 Å². The van der Waals surface area contributed by atoms with Crippen molar-refractivity contribution in [1.82, 2.24) is 9.55 Å². The van der Waals surface area contributed by atoms with Gasteiger partial charge >= 0.3 is 0 Å². The first-order valence-electron chi connectivity index (χ1n) is 7.82. The second-order valence-corrected chi connectivity index (χ2v) is 7.14. The number of benzene rings is 1. The van der Waals surface area contributed by atoms with E-state index in [1.807, 2.05) is 42.1 Å². The third-order valence-electron chi connectivity index (χ3n) is 4.15. The van der Waals surface area contributed by atoms with Gasteiger partial charge in [-0.1, -0.05) is 24.6 Å². The van der Waals surface area contributed by atoms with Crippen molar-refractivity contribution in [3.05, 3.63) is 36.7 Å². The van der Waals surface area contributed by atoms with Crippen LogP contribution >= 0.6 is 11.8 Å². The fourth-order valence-electron chi connectivity index (χ4n) is 2.88. The highest BCUT2D eigenvalue weighted by Crippen LogP contribution is 2.32. The molecule has 1 aliphatic rings. The van der Waals surface area contributed by atoms with Gasteiger partial charge in [0, 0.05) is 30.0 Å². The predicted octanol–water partition coefficient (Wildman–Crippen LogP) is 3.21. The molecule has 1 amide bonds. The molecule has 1 fully saturated rings. The van der Waals surface area contributed by atoms with E-state index in [4.69, 9.17) is 0 Å². The van der Waals surface area contributed by atoms with Crippen LogP contribution < -0.4 is 5.32 Å². The monoisotopic (exact) mass is 331 g/mol. The number of hydrogen-bond acceptors (Lipinski definition) is 4. The summed E-state index contributed by atoms with van der Waals surface area (Å²) in [7, 11) is 1.96. The van der Waals surface area contributed by atoms with Crippen LogP contribution in [0.1, 0.15) is 32.1 Å². The average molecular weight is 331 g/mol. The van der Waals surface area contributed by atoms with E-state index in [2.05, 4.69) is 10.3 Å². The van der Waals surface area contributed by atoms with E-state index in [9.17, 15) is 9.90 Å². The van der Waals surface area contributed by atoms with Crippen LogP contribution in [-0.4, -0.2) is 26.2 Å². The Morgan fingerprint density at radius 1 is 1.35 bits per heavy atom. The number of anilines is 1. The summed E-state index contributed by atoms with van der Waals surface area (Å²) >= 11 is 1.57. The molecule has 0 unspecified atom stereocenters. The number of carbonyl (C=O) groups is 1. The first kappa shape index (κ1) is 16.1. The Bertz CT molecular complexity index is 675. The summed E-state index contributed by atoms with van der Waals surface area (Å²) in [5.41, 5.74) is -0.0567. The third kappa shape index (κ3) is 4.14. The molecule has 6 heteroatoms. The minimum absolute atomic E-state index is 0.126. The molecule has 0 atom stereocenters. The SMILES string of the molecule is Cn1ccnc1Sc1ccc(NC(=O)CC2(O)CCCC2)cc1. The minimum Gasteiger partial charge on any atom is -0.389 e. The molecule has 0 spiro atoms. The van der Waals surface area contributed by atoms with Crippen LogP contribution in [0.3, 0.4) is 0 Å². The summed E-state index contributed by atoms with van der Waals surface area (Å²) in [4.78, 5) is 17.4. The molecular weight excluding hydrogens is 310 g/mol. The molecule has 2 N–H and O–H groups in total. The number of aliphatic hydroxyl groups is 1. The van der Waals surface area contributed by atoms with Crippen molar-refractivity contribution in [3.63, 3.8) is 0 Å². The summed E-state index contributed by atoms with van der Waals surface area (Å²) in [5, 5.41) is 14.1. The molecule has 0 bridgehead atoms. The number of aryl methyl sites for hydroxylation is 1. The summed E-state index contributed by atoms with van der Waals surface area (Å²) in [6.07, 6.45) is 7.30. The number of nitrogens with zero attached hydrogens (tertiary/aromatic N) is 2. The van der Waals surface area contributed by atoms with E-state index in [-0.39, 0.29) is 12.3 Å². The molecule has 1 heterocycles. The van der Waals surface area contributed by atoms with Gasteiger partial charge in [-0.05, 0) is 37.1 Å². The lowest BCUT2D eigenvalue weighted by atomic mass is 9.97. The second-order valence-electron chi connectivity index (χ2n) is 6.10. The lowest BCUT2D eigenvalue weighted by molar-refractivity contribution is -0.120. The normalized spacial score (nSPS) is 16.4. The third-order valence-corrected chi connectivity index (χ3v) is 5.23. The van der Waals surface area contributed by atoms with Crippen molar-refractivity contribution in [2.75, 3.05) is 5.32 Å². The van der Waals surface area contributed by atoms with Gasteiger partial charge in [-0.25, -0.2) is 4.98 Å². The van der Waals surface area contributed by atoms with Crippen LogP contribution in [0.25, 0.3) is 0 Å². The molecule has 3 rings (SSSR count). The Morgan fingerprint density at radius 3 is 2.65 bits per heavy atom. The Balaban J connectivity index is 1.57. The molecular formula is C17H21N3O2S. The number of aromatic nitrogens is 2. The number of hydrogen-bond donors (Lipinski definition) is 2. The zero-order chi connectivity index (χ0) is 16.3. The van der Waals surface area contributed by atoms with Crippen molar-refractivity contribution >= 4 is 23.4 Å². The van der Waals surface area contributed by atoms with Gasteiger partial charge in [-0.2, -0.15) is 0 Å². The Hall–Kier alpha value is -1.79. The van der Waals surface area contributed by atoms with Crippen molar-refractivity contribution in [2.24, 2.45) is 7.05 Å². The van der Waals surface area contributed by atoms with E-state index in [1.165, 1.54) is 0 Å². The molecule has 122 valence electrons.